The maximum absolute atomic E-state index is 12.5. The molecule has 0 spiro atoms. The zero-order valence-electron chi connectivity index (χ0n) is 13.2. The number of carbonyl (C=O) groups is 2. The second kappa shape index (κ2) is 7.94. The third-order valence-corrected chi connectivity index (χ3v) is 3.82. The van der Waals surface area contributed by atoms with E-state index in [-0.39, 0.29) is 30.6 Å². The molecule has 0 aromatic heterocycles. The van der Waals surface area contributed by atoms with Gasteiger partial charge in [0.05, 0.1) is 25.3 Å². The zero-order valence-corrected chi connectivity index (χ0v) is 13.2. The summed E-state index contributed by atoms with van der Waals surface area (Å²) in [6, 6.07) is 9.29. The lowest BCUT2D eigenvalue weighted by molar-refractivity contribution is -0.120. The number of benzene rings is 1. The van der Waals surface area contributed by atoms with Crippen LogP contribution in [0.5, 0.6) is 0 Å². The molecule has 0 aliphatic carbocycles. The van der Waals surface area contributed by atoms with Crippen LogP contribution in [-0.2, 0) is 20.9 Å². The average Bonchev–Trinajstić information content (AvgIpc) is 2.52. The third kappa shape index (κ3) is 4.31. The van der Waals surface area contributed by atoms with E-state index in [0.29, 0.717) is 19.6 Å². The number of hydrogen-bond donors (Lipinski definition) is 0. The first kappa shape index (κ1) is 16.5. The molecule has 0 unspecified atom stereocenters. The summed E-state index contributed by atoms with van der Waals surface area (Å²) in [6.45, 7) is 4.65. The third-order valence-electron chi connectivity index (χ3n) is 3.82. The van der Waals surface area contributed by atoms with Gasteiger partial charge in [-0.15, -0.1) is 0 Å². The Balaban J connectivity index is 2.02. The lowest BCUT2D eigenvalue weighted by Gasteiger charge is -2.40. The highest BCUT2D eigenvalue weighted by atomic mass is 16.6. The van der Waals surface area contributed by atoms with Gasteiger partial charge in [-0.25, -0.2) is 4.79 Å². The molecule has 1 aliphatic rings. The Bertz CT molecular complexity index is 503. The number of nitrogens with zero attached hydrogens (tertiary/aromatic N) is 1. The van der Waals surface area contributed by atoms with E-state index < -0.39 is 0 Å². The second-order valence-corrected chi connectivity index (χ2v) is 5.61. The number of Topliss-reactive ketones (excluding diaryl/α,β-unsaturated/α-hetero) is 1. The van der Waals surface area contributed by atoms with Crippen molar-refractivity contribution in [1.29, 1.82) is 0 Å². The number of rotatable bonds is 5. The molecule has 1 aromatic rings. The molecular formula is C17H23NO4. The SMILES string of the molecule is CC[C@H]1COC[C@@H](CC(C)=O)N1C(=O)OCc1ccccc1. The summed E-state index contributed by atoms with van der Waals surface area (Å²) in [5, 5.41) is 0. The van der Waals surface area contributed by atoms with E-state index in [1.807, 2.05) is 37.3 Å². The maximum atomic E-state index is 12.5. The van der Waals surface area contributed by atoms with Gasteiger partial charge in [0.25, 0.3) is 0 Å². The Labute approximate surface area is 131 Å². The molecule has 1 aliphatic heterocycles. The van der Waals surface area contributed by atoms with Crippen molar-refractivity contribution in [2.24, 2.45) is 0 Å². The van der Waals surface area contributed by atoms with E-state index in [4.69, 9.17) is 9.47 Å². The molecule has 120 valence electrons. The Morgan fingerprint density at radius 3 is 2.55 bits per heavy atom. The summed E-state index contributed by atoms with van der Waals surface area (Å²) < 4.78 is 11.0. The van der Waals surface area contributed by atoms with E-state index in [0.717, 1.165) is 12.0 Å². The van der Waals surface area contributed by atoms with Crippen LogP contribution < -0.4 is 0 Å². The van der Waals surface area contributed by atoms with Crippen LogP contribution >= 0.6 is 0 Å². The molecule has 1 heterocycles. The van der Waals surface area contributed by atoms with Gasteiger partial charge in [0.15, 0.2) is 0 Å². The smallest absolute Gasteiger partial charge is 0.410 e. The average molecular weight is 305 g/mol. The monoisotopic (exact) mass is 305 g/mol. The van der Waals surface area contributed by atoms with Crippen LogP contribution in [0.15, 0.2) is 30.3 Å². The maximum Gasteiger partial charge on any atom is 0.410 e. The van der Waals surface area contributed by atoms with Crippen LogP contribution in [0.2, 0.25) is 0 Å². The first-order valence-corrected chi connectivity index (χ1v) is 7.68. The van der Waals surface area contributed by atoms with Crippen molar-refractivity contribution in [1.82, 2.24) is 4.90 Å². The Morgan fingerprint density at radius 1 is 1.23 bits per heavy atom. The van der Waals surface area contributed by atoms with Crippen LogP contribution in [0.25, 0.3) is 0 Å². The summed E-state index contributed by atoms with van der Waals surface area (Å²) >= 11 is 0. The van der Waals surface area contributed by atoms with Crippen molar-refractivity contribution in [3.05, 3.63) is 35.9 Å². The number of ether oxygens (including phenoxy) is 2. The number of hydrogen-bond acceptors (Lipinski definition) is 4. The summed E-state index contributed by atoms with van der Waals surface area (Å²) in [4.78, 5) is 25.6. The molecule has 1 saturated heterocycles. The van der Waals surface area contributed by atoms with Gasteiger partial charge in [0.1, 0.15) is 12.4 Å². The van der Waals surface area contributed by atoms with Crippen molar-refractivity contribution < 1.29 is 19.1 Å². The minimum atomic E-state index is -0.370. The topological polar surface area (TPSA) is 55.8 Å². The van der Waals surface area contributed by atoms with Crippen LogP contribution in [0.3, 0.4) is 0 Å². The lowest BCUT2D eigenvalue weighted by Crippen LogP contribution is -2.55. The Morgan fingerprint density at radius 2 is 1.91 bits per heavy atom. The van der Waals surface area contributed by atoms with Crippen molar-refractivity contribution in [2.45, 2.75) is 45.4 Å². The van der Waals surface area contributed by atoms with E-state index in [1.54, 1.807) is 4.90 Å². The molecular weight excluding hydrogens is 282 g/mol. The largest absolute Gasteiger partial charge is 0.445 e. The predicted octanol–water partition coefficient (Wildman–Crippen LogP) is 2.78. The van der Waals surface area contributed by atoms with Gasteiger partial charge in [-0.1, -0.05) is 37.3 Å². The van der Waals surface area contributed by atoms with Crippen molar-refractivity contribution in [2.75, 3.05) is 13.2 Å². The first-order valence-electron chi connectivity index (χ1n) is 7.68. The second-order valence-electron chi connectivity index (χ2n) is 5.61. The van der Waals surface area contributed by atoms with Crippen molar-refractivity contribution in [3.63, 3.8) is 0 Å². The van der Waals surface area contributed by atoms with E-state index in [1.165, 1.54) is 6.92 Å². The number of carbonyl (C=O) groups excluding carboxylic acids is 2. The number of morpholine rings is 1. The lowest BCUT2D eigenvalue weighted by atomic mass is 10.0. The molecule has 0 N–H and O–H groups in total. The quantitative estimate of drug-likeness (QED) is 0.839. The van der Waals surface area contributed by atoms with Gasteiger partial charge in [-0.2, -0.15) is 0 Å². The Hall–Kier alpha value is -1.88. The molecule has 2 atom stereocenters. The van der Waals surface area contributed by atoms with Crippen LogP contribution in [0.4, 0.5) is 4.79 Å². The summed E-state index contributed by atoms with van der Waals surface area (Å²) in [7, 11) is 0. The van der Waals surface area contributed by atoms with Gasteiger partial charge in [-0.3, -0.25) is 9.69 Å². The van der Waals surface area contributed by atoms with Gasteiger partial charge in [0, 0.05) is 6.42 Å². The summed E-state index contributed by atoms with van der Waals surface area (Å²) in [5.41, 5.74) is 0.945. The molecule has 2 rings (SSSR count). The molecule has 5 heteroatoms. The molecule has 1 aromatic carbocycles. The fourth-order valence-electron chi connectivity index (χ4n) is 2.69. The predicted molar refractivity (Wildman–Crippen MR) is 82.5 cm³/mol. The molecule has 0 saturated carbocycles. The molecule has 1 fully saturated rings. The molecule has 0 bridgehead atoms. The van der Waals surface area contributed by atoms with Gasteiger partial charge in [-0.05, 0) is 18.9 Å². The van der Waals surface area contributed by atoms with E-state index in [9.17, 15) is 9.59 Å². The molecule has 0 radical (unpaired) electrons. The van der Waals surface area contributed by atoms with Crippen LogP contribution in [0.1, 0.15) is 32.3 Å². The highest BCUT2D eigenvalue weighted by molar-refractivity contribution is 5.77. The van der Waals surface area contributed by atoms with Crippen LogP contribution in [0, 0.1) is 0 Å². The summed E-state index contributed by atoms with van der Waals surface area (Å²) in [6.07, 6.45) is 0.705. The van der Waals surface area contributed by atoms with Crippen LogP contribution in [-0.4, -0.2) is 42.1 Å². The molecule has 1 amide bonds. The van der Waals surface area contributed by atoms with Gasteiger partial charge in [0.2, 0.25) is 0 Å². The number of ketones is 1. The van der Waals surface area contributed by atoms with Gasteiger partial charge < -0.3 is 9.47 Å². The fraction of sp³-hybridized carbons (Fsp3) is 0.529. The van der Waals surface area contributed by atoms with Gasteiger partial charge >= 0.3 is 6.09 Å². The summed E-state index contributed by atoms with van der Waals surface area (Å²) in [5.74, 6) is 0.0474. The first-order chi connectivity index (χ1) is 10.6. The number of amides is 1. The Kier molecular flexibility index (Phi) is 5.95. The van der Waals surface area contributed by atoms with E-state index >= 15 is 0 Å². The molecule has 5 nitrogen and oxygen atoms in total. The highest BCUT2D eigenvalue weighted by Crippen LogP contribution is 2.20. The zero-order chi connectivity index (χ0) is 15.9. The van der Waals surface area contributed by atoms with Crippen molar-refractivity contribution in [3.8, 4) is 0 Å². The van der Waals surface area contributed by atoms with Crippen molar-refractivity contribution >= 4 is 11.9 Å². The standard InChI is InChI=1S/C17H23NO4/c1-3-15-11-21-12-16(9-13(2)19)18(15)17(20)22-10-14-7-5-4-6-8-14/h4-8,15-16H,3,9-12H2,1-2H3/t15-,16+/m0/s1. The highest BCUT2D eigenvalue weighted by Gasteiger charge is 2.35. The molecule has 22 heavy (non-hydrogen) atoms. The fourth-order valence-corrected chi connectivity index (χ4v) is 2.69. The minimum absolute atomic E-state index is 0.0404. The normalized spacial score (nSPS) is 21.5. The minimum Gasteiger partial charge on any atom is -0.445 e. The van der Waals surface area contributed by atoms with E-state index in [2.05, 4.69) is 0 Å².